The average Bonchev–Trinajstić information content (AvgIpc) is 3.03. The fourth-order valence-corrected chi connectivity index (χ4v) is 5.20. The van der Waals surface area contributed by atoms with Gasteiger partial charge in [-0.05, 0) is 49.8 Å². The van der Waals surface area contributed by atoms with E-state index in [4.69, 9.17) is 5.11 Å². The van der Waals surface area contributed by atoms with Crippen LogP contribution in [0, 0.1) is 18.7 Å². The number of aromatic carboxylic acids is 1. The number of hydrogen-bond acceptors (Lipinski definition) is 3. The Balaban J connectivity index is 2.05. The number of fused-ring (bicyclic) bond motifs is 2. The lowest BCUT2D eigenvalue weighted by Crippen LogP contribution is -2.37. The molecular weight excluding hydrogens is 297 g/mol. The molecule has 1 saturated heterocycles. The fraction of sp³-hybridized carbons (Fsp3) is 0.500. The molecule has 0 spiro atoms. The van der Waals surface area contributed by atoms with E-state index < -0.39 is 27.4 Å². The molecule has 1 saturated carbocycles. The van der Waals surface area contributed by atoms with Gasteiger partial charge in [0.05, 0.1) is 10.5 Å². The summed E-state index contributed by atoms with van der Waals surface area (Å²) in [5.74, 6) is -1.95. The van der Waals surface area contributed by atoms with Gasteiger partial charge in [-0.1, -0.05) is 0 Å². The second-order valence-corrected chi connectivity index (χ2v) is 7.71. The summed E-state index contributed by atoms with van der Waals surface area (Å²) < 4.78 is 40.5. The van der Waals surface area contributed by atoms with E-state index >= 15 is 0 Å². The predicted octanol–water partition coefficient (Wildman–Crippen LogP) is 2.01. The van der Waals surface area contributed by atoms with Gasteiger partial charge in [-0.3, -0.25) is 0 Å². The average molecular weight is 313 g/mol. The number of benzene rings is 1. The number of carboxylic acids is 1. The third kappa shape index (κ3) is 2.24. The highest BCUT2D eigenvalue weighted by Gasteiger charge is 2.44. The molecule has 5 nitrogen and oxygen atoms in total. The fourth-order valence-electron chi connectivity index (χ4n) is 3.35. The zero-order valence-corrected chi connectivity index (χ0v) is 12.4. The van der Waals surface area contributed by atoms with Gasteiger partial charge in [0.15, 0.2) is 0 Å². The van der Waals surface area contributed by atoms with E-state index in [1.165, 1.54) is 17.3 Å². The first-order valence-electron chi connectivity index (χ1n) is 6.86. The summed E-state index contributed by atoms with van der Waals surface area (Å²) in [7, 11) is -3.76. The Morgan fingerprint density at radius 1 is 1.38 bits per heavy atom. The number of aryl methyl sites for hydroxylation is 1. The molecule has 2 bridgehead atoms. The van der Waals surface area contributed by atoms with Crippen LogP contribution in [0.2, 0.25) is 0 Å². The molecule has 21 heavy (non-hydrogen) atoms. The minimum Gasteiger partial charge on any atom is -0.478 e. The summed E-state index contributed by atoms with van der Waals surface area (Å²) >= 11 is 0. The van der Waals surface area contributed by atoms with Crippen molar-refractivity contribution in [2.45, 2.75) is 37.1 Å². The van der Waals surface area contributed by atoms with Crippen LogP contribution < -0.4 is 0 Å². The summed E-state index contributed by atoms with van der Waals surface area (Å²) in [6.45, 7) is 1.85. The standard InChI is InChI=1S/C14H16FNO4S/c1-8-4-11(6-12(13(8)15)14(17)18)21(19,20)16-7-9-2-3-10(16)5-9/h4,6,9-10H,2-3,5,7H2,1H3,(H,17,18). The van der Waals surface area contributed by atoms with Crippen LogP contribution in [0.1, 0.15) is 35.2 Å². The zero-order valence-electron chi connectivity index (χ0n) is 11.5. The quantitative estimate of drug-likeness (QED) is 0.926. The number of piperidine rings is 1. The smallest absolute Gasteiger partial charge is 0.338 e. The monoisotopic (exact) mass is 313 g/mol. The molecule has 2 unspecified atom stereocenters. The van der Waals surface area contributed by atoms with Gasteiger partial charge >= 0.3 is 5.97 Å². The Morgan fingerprint density at radius 3 is 2.62 bits per heavy atom. The molecule has 7 heteroatoms. The SMILES string of the molecule is Cc1cc(S(=O)(=O)N2CC3CCC2C3)cc(C(=O)O)c1F. The third-order valence-corrected chi connectivity index (χ3v) is 6.32. The van der Waals surface area contributed by atoms with Gasteiger partial charge < -0.3 is 5.11 Å². The molecule has 0 aromatic heterocycles. The number of hydrogen-bond donors (Lipinski definition) is 1. The molecule has 1 heterocycles. The third-order valence-electron chi connectivity index (χ3n) is 4.42. The van der Waals surface area contributed by atoms with E-state index in [9.17, 15) is 17.6 Å². The van der Waals surface area contributed by atoms with Gasteiger partial charge in [-0.2, -0.15) is 4.31 Å². The maximum absolute atomic E-state index is 13.8. The molecule has 2 atom stereocenters. The molecule has 0 amide bonds. The van der Waals surface area contributed by atoms with Crippen molar-refractivity contribution in [3.05, 3.63) is 29.1 Å². The summed E-state index contributed by atoms with van der Waals surface area (Å²) in [6.07, 6.45) is 2.75. The van der Waals surface area contributed by atoms with E-state index in [1.807, 2.05) is 0 Å². The van der Waals surface area contributed by atoms with Crippen LogP contribution in [0.4, 0.5) is 4.39 Å². The molecule has 2 aliphatic rings. The van der Waals surface area contributed by atoms with Crippen molar-refractivity contribution < 1.29 is 22.7 Å². The topological polar surface area (TPSA) is 74.7 Å². The van der Waals surface area contributed by atoms with Gasteiger partial charge in [0, 0.05) is 12.6 Å². The number of carbonyl (C=O) groups is 1. The Bertz CT molecular complexity index is 716. The molecular formula is C14H16FNO4S. The molecule has 1 aliphatic heterocycles. The van der Waals surface area contributed by atoms with Crippen molar-refractivity contribution in [1.82, 2.24) is 4.31 Å². The van der Waals surface area contributed by atoms with Crippen LogP contribution in [0.3, 0.4) is 0 Å². The van der Waals surface area contributed by atoms with Gasteiger partial charge in [-0.25, -0.2) is 17.6 Å². The summed E-state index contributed by atoms with van der Waals surface area (Å²) in [5, 5.41) is 9.00. The van der Waals surface area contributed by atoms with E-state index in [0.717, 1.165) is 25.3 Å². The number of nitrogens with zero attached hydrogens (tertiary/aromatic N) is 1. The van der Waals surface area contributed by atoms with Crippen LogP contribution in [0.5, 0.6) is 0 Å². The van der Waals surface area contributed by atoms with Crippen LogP contribution in [0.25, 0.3) is 0 Å². The second-order valence-electron chi connectivity index (χ2n) is 5.81. The first-order valence-corrected chi connectivity index (χ1v) is 8.30. The van der Waals surface area contributed by atoms with Crippen molar-refractivity contribution in [1.29, 1.82) is 0 Å². The van der Waals surface area contributed by atoms with Crippen LogP contribution in [-0.4, -0.2) is 36.4 Å². The summed E-state index contributed by atoms with van der Waals surface area (Å²) in [6, 6.07) is 2.13. The summed E-state index contributed by atoms with van der Waals surface area (Å²) in [4.78, 5) is 10.9. The van der Waals surface area contributed by atoms with E-state index in [2.05, 4.69) is 0 Å². The lowest BCUT2D eigenvalue weighted by Gasteiger charge is -2.26. The molecule has 3 rings (SSSR count). The number of sulfonamides is 1. The van der Waals surface area contributed by atoms with Gasteiger partial charge in [0.2, 0.25) is 10.0 Å². The largest absolute Gasteiger partial charge is 0.478 e. The number of halogens is 1. The zero-order chi connectivity index (χ0) is 15.4. The maximum atomic E-state index is 13.8. The first-order chi connectivity index (χ1) is 9.80. The van der Waals surface area contributed by atoms with E-state index in [0.29, 0.717) is 12.5 Å². The van der Waals surface area contributed by atoms with Gasteiger partial charge in [0.25, 0.3) is 0 Å². The number of rotatable bonds is 3. The normalized spacial score (nSPS) is 25.4. The molecule has 0 radical (unpaired) electrons. The Hall–Kier alpha value is -1.47. The second kappa shape index (κ2) is 4.78. The van der Waals surface area contributed by atoms with Gasteiger partial charge in [0.1, 0.15) is 5.82 Å². The van der Waals surface area contributed by atoms with Crippen LogP contribution >= 0.6 is 0 Å². The highest BCUT2D eigenvalue weighted by molar-refractivity contribution is 7.89. The molecule has 1 aliphatic carbocycles. The Kier molecular flexibility index (Phi) is 3.29. The number of carboxylic acid groups (broad SMARTS) is 1. The Labute approximate surface area is 122 Å². The molecule has 2 fully saturated rings. The lowest BCUT2D eigenvalue weighted by molar-refractivity contribution is 0.0691. The maximum Gasteiger partial charge on any atom is 0.338 e. The minimum absolute atomic E-state index is 0.00126. The van der Waals surface area contributed by atoms with Crippen LogP contribution in [-0.2, 0) is 10.0 Å². The predicted molar refractivity (Wildman–Crippen MR) is 73.1 cm³/mol. The lowest BCUT2D eigenvalue weighted by atomic mass is 10.1. The van der Waals surface area contributed by atoms with Crippen molar-refractivity contribution in [2.75, 3.05) is 6.54 Å². The van der Waals surface area contributed by atoms with Gasteiger partial charge in [-0.15, -0.1) is 0 Å². The Morgan fingerprint density at radius 2 is 2.10 bits per heavy atom. The van der Waals surface area contributed by atoms with E-state index in [-0.39, 0.29) is 16.5 Å². The molecule has 1 aromatic carbocycles. The molecule has 1 N–H and O–H groups in total. The van der Waals surface area contributed by atoms with Crippen molar-refractivity contribution >= 4 is 16.0 Å². The summed E-state index contributed by atoms with van der Waals surface area (Å²) in [5.41, 5.74) is -0.573. The van der Waals surface area contributed by atoms with E-state index in [1.54, 1.807) is 0 Å². The molecule has 1 aromatic rings. The van der Waals surface area contributed by atoms with Crippen LogP contribution in [0.15, 0.2) is 17.0 Å². The first kappa shape index (κ1) is 14.5. The minimum atomic E-state index is -3.76. The van der Waals surface area contributed by atoms with Crippen molar-refractivity contribution in [2.24, 2.45) is 5.92 Å². The highest BCUT2D eigenvalue weighted by atomic mass is 32.2. The van der Waals surface area contributed by atoms with Crippen molar-refractivity contribution in [3.8, 4) is 0 Å². The van der Waals surface area contributed by atoms with Crippen molar-refractivity contribution in [3.63, 3.8) is 0 Å². The highest BCUT2D eigenvalue weighted by Crippen LogP contribution is 2.40. The molecule has 114 valence electrons.